The van der Waals surface area contributed by atoms with Crippen LogP contribution in [0.4, 0.5) is 0 Å². The van der Waals surface area contributed by atoms with Crippen LogP contribution in [-0.4, -0.2) is 96.7 Å². The van der Waals surface area contributed by atoms with Crippen molar-refractivity contribution in [3.8, 4) is 0 Å². The molecule has 0 aliphatic heterocycles. The molecule has 0 radical (unpaired) electrons. The van der Waals surface area contributed by atoms with Crippen LogP contribution in [0.15, 0.2) is 109 Å². The largest absolute Gasteiger partial charge is 0.472 e. The molecule has 19 heteroatoms. The molecular formula is C79H136O17P2. The minimum atomic E-state index is -4.98. The number of carbonyl (C=O) groups excluding carboxylic acids is 4. The van der Waals surface area contributed by atoms with E-state index in [9.17, 15) is 43.2 Å². The number of ether oxygens (including phenoxy) is 4. The highest BCUT2D eigenvalue weighted by Gasteiger charge is 2.30. The summed E-state index contributed by atoms with van der Waals surface area (Å²) in [5.74, 6) is -2.24. The summed E-state index contributed by atoms with van der Waals surface area (Å²) in [7, 11) is -9.96. The van der Waals surface area contributed by atoms with E-state index < -0.39 is 97.5 Å². The molecule has 564 valence electrons. The molecule has 0 bridgehead atoms. The Balaban J connectivity index is 5.38. The number of rotatable bonds is 71. The van der Waals surface area contributed by atoms with Crippen LogP contribution in [0.1, 0.15) is 310 Å². The second-order valence-corrected chi connectivity index (χ2v) is 28.1. The Kier molecular flexibility index (Phi) is 68.0. The second kappa shape index (κ2) is 71.1. The first-order chi connectivity index (χ1) is 47.7. The number of phosphoric acid groups is 2. The summed E-state index contributed by atoms with van der Waals surface area (Å²) in [5, 5.41) is 10.6. The van der Waals surface area contributed by atoms with Crippen molar-refractivity contribution in [2.45, 2.75) is 329 Å². The van der Waals surface area contributed by atoms with Crippen molar-refractivity contribution in [3.63, 3.8) is 0 Å². The molecule has 0 amide bonds. The van der Waals surface area contributed by atoms with Crippen molar-refractivity contribution in [1.29, 1.82) is 0 Å². The fourth-order valence-corrected chi connectivity index (χ4v) is 11.4. The number of esters is 4. The number of hydrogen-bond acceptors (Lipinski definition) is 15. The van der Waals surface area contributed by atoms with Gasteiger partial charge in [0.1, 0.15) is 19.3 Å². The van der Waals surface area contributed by atoms with Crippen LogP contribution >= 0.6 is 15.6 Å². The molecule has 98 heavy (non-hydrogen) atoms. The van der Waals surface area contributed by atoms with Crippen molar-refractivity contribution in [2.24, 2.45) is 0 Å². The zero-order valence-corrected chi connectivity index (χ0v) is 63.2. The van der Waals surface area contributed by atoms with Gasteiger partial charge < -0.3 is 33.8 Å². The highest BCUT2D eigenvalue weighted by molar-refractivity contribution is 7.47. The molecule has 0 saturated heterocycles. The van der Waals surface area contributed by atoms with E-state index in [1.54, 1.807) is 0 Å². The van der Waals surface area contributed by atoms with Gasteiger partial charge in [-0.25, -0.2) is 9.13 Å². The first-order valence-electron chi connectivity index (χ1n) is 38.1. The van der Waals surface area contributed by atoms with Gasteiger partial charge in [-0.2, -0.15) is 0 Å². The quantitative estimate of drug-likeness (QED) is 0.0169. The number of aliphatic hydroxyl groups is 1. The van der Waals surface area contributed by atoms with Crippen LogP contribution in [0, 0.1) is 0 Å². The van der Waals surface area contributed by atoms with Crippen LogP contribution in [0.5, 0.6) is 0 Å². The Labute approximate surface area is 594 Å². The van der Waals surface area contributed by atoms with E-state index in [1.807, 2.05) is 0 Å². The number of aliphatic hydroxyl groups excluding tert-OH is 1. The monoisotopic (exact) mass is 1420 g/mol. The van der Waals surface area contributed by atoms with Crippen LogP contribution in [0.2, 0.25) is 0 Å². The fraction of sp³-hybridized carbons (Fsp3) is 0.722. The first kappa shape index (κ1) is 93.7. The number of phosphoric ester groups is 2. The summed E-state index contributed by atoms with van der Waals surface area (Å²) in [6.07, 6.45) is 75.0. The van der Waals surface area contributed by atoms with Crippen LogP contribution in [0.25, 0.3) is 0 Å². The molecule has 17 nitrogen and oxygen atoms in total. The van der Waals surface area contributed by atoms with Gasteiger partial charge in [-0.05, 0) is 148 Å². The number of hydrogen-bond donors (Lipinski definition) is 3. The van der Waals surface area contributed by atoms with Gasteiger partial charge in [-0.1, -0.05) is 246 Å². The molecule has 5 unspecified atom stereocenters. The second-order valence-electron chi connectivity index (χ2n) is 25.2. The Hall–Kier alpha value is -4.28. The Morgan fingerprint density at radius 3 is 0.888 bits per heavy atom. The minimum Gasteiger partial charge on any atom is -0.462 e. The van der Waals surface area contributed by atoms with Gasteiger partial charge in [0.25, 0.3) is 0 Å². The molecule has 0 aliphatic carbocycles. The molecular weight excluding hydrogens is 1280 g/mol. The van der Waals surface area contributed by atoms with Gasteiger partial charge in [0.15, 0.2) is 12.2 Å². The highest BCUT2D eigenvalue weighted by atomic mass is 31.2. The summed E-state index contributed by atoms with van der Waals surface area (Å²) in [5.41, 5.74) is 0. The molecule has 0 rings (SSSR count). The molecule has 0 aliphatic rings. The summed E-state index contributed by atoms with van der Waals surface area (Å²) in [6, 6.07) is 0. The highest BCUT2D eigenvalue weighted by Crippen LogP contribution is 2.45. The van der Waals surface area contributed by atoms with Crippen molar-refractivity contribution in [2.75, 3.05) is 39.6 Å². The Morgan fingerprint density at radius 1 is 0.296 bits per heavy atom. The Morgan fingerprint density at radius 2 is 0.551 bits per heavy atom. The van der Waals surface area contributed by atoms with Gasteiger partial charge in [0.05, 0.1) is 26.4 Å². The van der Waals surface area contributed by atoms with E-state index >= 15 is 0 Å². The molecule has 0 aromatic carbocycles. The molecule has 0 saturated carbocycles. The number of allylic oxidation sites excluding steroid dienone is 18. The summed E-state index contributed by atoms with van der Waals surface area (Å²) >= 11 is 0. The number of unbranched alkanes of at least 4 members (excludes halogenated alkanes) is 27. The van der Waals surface area contributed by atoms with Crippen molar-refractivity contribution in [3.05, 3.63) is 109 Å². The van der Waals surface area contributed by atoms with Crippen molar-refractivity contribution < 1.29 is 80.2 Å². The zero-order valence-electron chi connectivity index (χ0n) is 61.4. The lowest BCUT2D eigenvalue weighted by atomic mass is 10.1. The third-order valence-corrected chi connectivity index (χ3v) is 17.6. The van der Waals surface area contributed by atoms with Crippen molar-refractivity contribution in [1.82, 2.24) is 0 Å². The standard InChI is InChI=1S/C79H136O17P2/c1-5-9-13-17-21-25-29-33-35-36-38-42-44-48-52-56-60-64-77(82)90-70-75(96-79(84)66-62-58-54-50-46-40-32-28-24-20-16-12-8-4)72-94-98(87,88)92-68-73(80)67-91-97(85,86)93-71-74(95-78(83)65-61-57-53-49-45-39-31-27-23-19-15-11-7-3)69-89-76(81)63-59-55-51-47-43-41-37-34-30-26-22-18-14-10-6-2/h9,13,16,20-22,25-28,31-35,37-38,42,73-75,80H,5-8,10-12,14-15,17-19,23-24,29-30,36,39-41,43-72H2,1-4H3,(H,85,86)(H,87,88)/b13-9-,20-16-,25-21-,26-22-,31-27-,32-28-,35-33-,37-34-,42-38-. The summed E-state index contributed by atoms with van der Waals surface area (Å²) in [4.78, 5) is 72.8. The van der Waals surface area contributed by atoms with E-state index in [0.717, 1.165) is 186 Å². The van der Waals surface area contributed by atoms with E-state index in [4.69, 9.17) is 37.0 Å². The smallest absolute Gasteiger partial charge is 0.462 e. The molecule has 5 atom stereocenters. The average Bonchev–Trinajstić information content (AvgIpc) is 0.969. The maximum atomic E-state index is 13.1. The van der Waals surface area contributed by atoms with Crippen LogP contribution in [0.3, 0.4) is 0 Å². The summed E-state index contributed by atoms with van der Waals surface area (Å²) in [6.45, 7) is 4.59. The third-order valence-electron chi connectivity index (χ3n) is 15.7. The topological polar surface area (TPSA) is 237 Å². The number of carbonyl (C=O) groups is 4. The third kappa shape index (κ3) is 70.2. The lowest BCUT2D eigenvalue weighted by Gasteiger charge is -2.21. The Bertz CT molecular complexity index is 2290. The predicted molar refractivity (Wildman–Crippen MR) is 399 cm³/mol. The van der Waals surface area contributed by atoms with E-state index in [1.165, 1.54) is 44.9 Å². The van der Waals surface area contributed by atoms with Crippen LogP contribution < -0.4 is 0 Å². The molecule has 0 spiro atoms. The van der Waals surface area contributed by atoms with Gasteiger partial charge >= 0.3 is 39.5 Å². The van der Waals surface area contributed by atoms with Gasteiger partial charge in [0, 0.05) is 25.7 Å². The maximum absolute atomic E-state index is 13.1. The maximum Gasteiger partial charge on any atom is 0.472 e. The molecule has 3 N–H and O–H groups in total. The van der Waals surface area contributed by atoms with Gasteiger partial charge in [0.2, 0.25) is 0 Å². The van der Waals surface area contributed by atoms with E-state index in [2.05, 4.69) is 137 Å². The molecule has 0 heterocycles. The zero-order chi connectivity index (χ0) is 71.8. The summed E-state index contributed by atoms with van der Waals surface area (Å²) < 4.78 is 68.4. The fourth-order valence-electron chi connectivity index (χ4n) is 9.86. The average molecular weight is 1420 g/mol. The molecule has 0 aromatic heterocycles. The van der Waals surface area contributed by atoms with Gasteiger partial charge in [-0.3, -0.25) is 37.3 Å². The normalized spacial score (nSPS) is 14.6. The predicted octanol–water partition coefficient (Wildman–Crippen LogP) is 21.8. The van der Waals surface area contributed by atoms with Gasteiger partial charge in [-0.15, -0.1) is 0 Å². The van der Waals surface area contributed by atoms with Crippen LogP contribution in [-0.2, 0) is 65.4 Å². The lowest BCUT2D eigenvalue weighted by molar-refractivity contribution is -0.161. The SMILES string of the molecule is CC/C=C\C/C=C\C/C=C\C/C=C\CCCCCCC(=O)OCC(COP(=O)(O)OCC(O)COP(=O)(O)OCC(COC(=O)CCCCCCC/C=C\C/C=C\CCCCC)OC(=O)CCCCCCC/C=C\CCCCCC)OC(=O)CCCCCCC/C=C\C/C=C\CCC. The van der Waals surface area contributed by atoms with E-state index in [0.29, 0.717) is 25.7 Å². The van der Waals surface area contributed by atoms with Crippen molar-refractivity contribution >= 4 is 39.5 Å². The molecule has 0 fully saturated rings. The van der Waals surface area contributed by atoms with E-state index in [-0.39, 0.29) is 25.7 Å². The first-order valence-corrected chi connectivity index (χ1v) is 41.1. The molecule has 0 aromatic rings. The lowest BCUT2D eigenvalue weighted by Crippen LogP contribution is -2.30. The minimum absolute atomic E-state index is 0.0712.